The first-order valence-electron chi connectivity index (χ1n) is 4.66. The SMILES string of the molecule is C[C@H](O)CN1CCn2ccnc2C1. The number of hydrogen-bond donors (Lipinski definition) is 1. The number of fused-ring (bicyclic) bond motifs is 1. The van der Waals surface area contributed by atoms with Crippen LogP contribution >= 0.6 is 0 Å². The normalized spacial score (nSPS) is 19.8. The van der Waals surface area contributed by atoms with Crippen LogP contribution in [0.2, 0.25) is 0 Å². The molecule has 0 aliphatic carbocycles. The lowest BCUT2D eigenvalue weighted by Crippen LogP contribution is -2.37. The van der Waals surface area contributed by atoms with E-state index in [2.05, 4.69) is 14.5 Å². The van der Waals surface area contributed by atoms with Crippen LogP contribution in [0.1, 0.15) is 12.7 Å². The molecular formula is C9H15N3O. The highest BCUT2D eigenvalue weighted by Crippen LogP contribution is 2.09. The van der Waals surface area contributed by atoms with Gasteiger partial charge >= 0.3 is 0 Å². The minimum absolute atomic E-state index is 0.249. The third kappa shape index (κ3) is 1.89. The topological polar surface area (TPSA) is 41.3 Å². The van der Waals surface area contributed by atoms with Crippen LogP contribution in [0.4, 0.5) is 0 Å². The van der Waals surface area contributed by atoms with Gasteiger partial charge in [-0.15, -0.1) is 0 Å². The Kier molecular flexibility index (Phi) is 2.33. The fraction of sp³-hybridized carbons (Fsp3) is 0.667. The minimum atomic E-state index is -0.249. The van der Waals surface area contributed by atoms with Crippen molar-refractivity contribution in [3.8, 4) is 0 Å². The van der Waals surface area contributed by atoms with Crippen molar-refractivity contribution in [1.82, 2.24) is 14.5 Å². The summed E-state index contributed by atoms with van der Waals surface area (Å²) in [5.41, 5.74) is 0. The maximum absolute atomic E-state index is 9.23. The summed E-state index contributed by atoms with van der Waals surface area (Å²) in [7, 11) is 0. The van der Waals surface area contributed by atoms with Crippen molar-refractivity contribution in [3.05, 3.63) is 18.2 Å². The summed E-state index contributed by atoms with van der Waals surface area (Å²) in [5.74, 6) is 1.10. The Balaban J connectivity index is 2.00. The van der Waals surface area contributed by atoms with Crippen molar-refractivity contribution in [1.29, 1.82) is 0 Å². The van der Waals surface area contributed by atoms with E-state index in [4.69, 9.17) is 0 Å². The molecule has 0 fully saturated rings. The van der Waals surface area contributed by atoms with Gasteiger partial charge in [0, 0.05) is 32.0 Å². The molecule has 0 saturated heterocycles. The van der Waals surface area contributed by atoms with E-state index < -0.39 is 0 Å². The van der Waals surface area contributed by atoms with Crippen molar-refractivity contribution < 1.29 is 5.11 Å². The van der Waals surface area contributed by atoms with Gasteiger partial charge in [0.25, 0.3) is 0 Å². The van der Waals surface area contributed by atoms with Gasteiger partial charge in [0.2, 0.25) is 0 Å². The monoisotopic (exact) mass is 181 g/mol. The molecule has 1 aliphatic heterocycles. The van der Waals surface area contributed by atoms with Crippen LogP contribution in [0, 0.1) is 0 Å². The maximum Gasteiger partial charge on any atom is 0.122 e. The van der Waals surface area contributed by atoms with E-state index in [0.29, 0.717) is 0 Å². The quantitative estimate of drug-likeness (QED) is 0.702. The second kappa shape index (κ2) is 3.47. The number of β-amino-alcohol motifs (C(OH)–C–C–N with tert-alkyl or cyclic N) is 1. The van der Waals surface area contributed by atoms with E-state index in [1.54, 1.807) is 0 Å². The molecule has 1 aromatic rings. The highest BCUT2D eigenvalue weighted by atomic mass is 16.3. The van der Waals surface area contributed by atoms with Crippen LogP contribution in [-0.4, -0.2) is 38.8 Å². The highest BCUT2D eigenvalue weighted by Gasteiger charge is 2.16. The predicted octanol–water partition coefficient (Wildman–Crippen LogP) is 0.0795. The van der Waals surface area contributed by atoms with Gasteiger partial charge in [0.15, 0.2) is 0 Å². The summed E-state index contributed by atoms with van der Waals surface area (Å²) in [6.45, 7) is 5.42. The Labute approximate surface area is 77.8 Å². The molecule has 1 N–H and O–H groups in total. The zero-order valence-corrected chi connectivity index (χ0v) is 7.85. The smallest absolute Gasteiger partial charge is 0.122 e. The highest BCUT2D eigenvalue weighted by molar-refractivity contribution is 4.95. The number of hydrogen-bond acceptors (Lipinski definition) is 3. The summed E-state index contributed by atoms with van der Waals surface area (Å²) < 4.78 is 2.17. The van der Waals surface area contributed by atoms with Crippen molar-refractivity contribution in [2.45, 2.75) is 26.1 Å². The van der Waals surface area contributed by atoms with E-state index >= 15 is 0 Å². The Hall–Kier alpha value is -0.870. The van der Waals surface area contributed by atoms with E-state index in [-0.39, 0.29) is 6.10 Å². The fourth-order valence-electron chi connectivity index (χ4n) is 1.75. The molecule has 2 heterocycles. The summed E-state index contributed by atoms with van der Waals surface area (Å²) in [5, 5.41) is 9.23. The molecule has 0 radical (unpaired) electrons. The molecular weight excluding hydrogens is 166 g/mol. The molecule has 0 saturated carbocycles. The summed E-state index contributed by atoms with van der Waals surface area (Å²) >= 11 is 0. The summed E-state index contributed by atoms with van der Waals surface area (Å²) in [6, 6.07) is 0. The molecule has 0 bridgehead atoms. The third-order valence-corrected chi connectivity index (χ3v) is 2.35. The van der Waals surface area contributed by atoms with Gasteiger partial charge in [-0.05, 0) is 6.92 Å². The van der Waals surface area contributed by atoms with Crippen molar-refractivity contribution in [3.63, 3.8) is 0 Å². The molecule has 1 aromatic heterocycles. The molecule has 0 aromatic carbocycles. The largest absolute Gasteiger partial charge is 0.392 e. The van der Waals surface area contributed by atoms with Gasteiger partial charge in [-0.2, -0.15) is 0 Å². The van der Waals surface area contributed by atoms with Gasteiger partial charge in [-0.1, -0.05) is 0 Å². The van der Waals surface area contributed by atoms with E-state index in [1.807, 2.05) is 19.3 Å². The van der Waals surface area contributed by atoms with Crippen LogP contribution < -0.4 is 0 Å². The molecule has 1 atom stereocenters. The number of aliphatic hydroxyl groups excluding tert-OH is 1. The molecule has 0 spiro atoms. The van der Waals surface area contributed by atoms with Gasteiger partial charge in [-0.25, -0.2) is 4.98 Å². The lowest BCUT2D eigenvalue weighted by atomic mass is 10.3. The Bertz CT molecular complexity index is 282. The summed E-state index contributed by atoms with van der Waals surface area (Å²) in [4.78, 5) is 6.48. The van der Waals surface area contributed by atoms with Crippen molar-refractivity contribution >= 4 is 0 Å². The summed E-state index contributed by atoms with van der Waals surface area (Å²) in [6.07, 6.45) is 3.59. The number of aliphatic hydroxyl groups is 1. The molecule has 4 nitrogen and oxygen atoms in total. The Morgan fingerprint density at radius 3 is 3.23 bits per heavy atom. The van der Waals surface area contributed by atoms with Crippen LogP contribution in [0.15, 0.2) is 12.4 Å². The van der Waals surface area contributed by atoms with Crippen LogP contribution in [0.5, 0.6) is 0 Å². The molecule has 1 aliphatic rings. The maximum atomic E-state index is 9.23. The fourth-order valence-corrected chi connectivity index (χ4v) is 1.75. The van der Waals surface area contributed by atoms with E-state index in [1.165, 1.54) is 0 Å². The zero-order valence-electron chi connectivity index (χ0n) is 7.85. The Morgan fingerprint density at radius 2 is 2.46 bits per heavy atom. The zero-order chi connectivity index (χ0) is 9.26. The molecule has 0 amide bonds. The first-order valence-corrected chi connectivity index (χ1v) is 4.66. The molecule has 4 heteroatoms. The van der Waals surface area contributed by atoms with Crippen LogP contribution in [0.25, 0.3) is 0 Å². The second-order valence-electron chi connectivity index (χ2n) is 3.62. The van der Waals surface area contributed by atoms with Crippen molar-refractivity contribution in [2.24, 2.45) is 0 Å². The number of imidazole rings is 1. The number of nitrogens with zero attached hydrogens (tertiary/aromatic N) is 3. The van der Waals surface area contributed by atoms with Gasteiger partial charge in [-0.3, -0.25) is 4.90 Å². The standard InChI is InChI=1S/C9H15N3O/c1-8(13)6-11-4-5-12-3-2-10-9(12)7-11/h2-3,8,13H,4-7H2,1H3/t8-/m0/s1. The molecule has 2 rings (SSSR count). The van der Waals surface area contributed by atoms with Gasteiger partial charge < -0.3 is 9.67 Å². The van der Waals surface area contributed by atoms with Crippen molar-refractivity contribution in [2.75, 3.05) is 13.1 Å². The average molecular weight is 181 g/mol. The third-order valence-electron chi connectivity index (χ3n) is 2.35. The molecule has 72 valence electrons. The first-order chi connectivity index (χ1) is 6.25. The van der Waals surface area contributed by atoms with Gasteiger partial charge in [0.05, 0.1) is 12.6 Å². The Morgan fingerprint density at radius 1 is 1.62 bits per heavy atom. The van der Waals surface area contributed by atoms with Crippen LogP contribution in [0.3, 0.4) is 0 Å². The van der Waals surface area contributed by atoms with E-state index in [0.717, 1.165) is 32.0 Å². The second-order valence-corrected chi connectivity index (χ2v) is 3.62. The lowest BCUT2D eigenvalue weighted by molar-refractivity contribution is 0.108. The minimum Gasteiger partial charge on any atom is -0.392 e. The van der Waals surface area contributed by atoms with Crippen LogP contribution in [-0.2, 0) is 13.1 Å². The number of aromatic nitrogens is 2. The predicted molar refractivity (Wildman–Crippen MR) is 49.2 cm³/mol. The molecule has 0 unspecified atom stereocenters. The van der Waals surface area contributed by atoms with Gasteiger partial charge in [0.1, 0.15) is 5.82 Å². The lowest BCUT2D eigenvalue weighted by Gasteiger charge is -2.28. The average Bonchev–Trinajstić information content (AvgIpc) is 2.49. The first kappa shape index (κ1) is 8.72. The molecule has 13 heavy (non-hydrogen) atoms. The van der Waals surface area contributed by atoms with E-state index in [9.17, 15) is 5.11 Å². The number of rotatable bonds is 2.